The van der Waals surface area contributed by atoms with Crippen LogP contribution in [0.15, 0.2) is 60.7 Å². The molecule has 30 heavy (non-hydrogen) atoms. The van der Waals surface area contributed by atoms with Gasteiger partial charge in [-0.3, -0.25) is 9.59 Å². The van der Waals surface area contributed by atoms with Crippen molar-refractivity contribution in [3.63, 3.8) is 0 Å². The lowest BCUT2D eigenvalue weighted by Crippen LogP contribution is -2.46. The van der Waals surface area contributed by atoms with Gasteiger partial charge in [0.25, 0.3) is 11.8 Å². The minimum Gasteiger partial charge on any atom is -0.467 e. The molecule has 2 aromatic rings. The fourth-order valence-corrected chi connectivity index (χ4v) is 2.61. The Balaban J connectivity index is 1.84. The normalized spacial score (nSPS) is 12.2. The van der Waals surface area contributed by atoms with Gasteiger partial charge in [0.1, 0.15) is 12.1 Å². The average Bonchev–Trinajstić information content (AvgIpc) is 2.77. The van der Waals surface area contributed by atoms with Crippen LogP contribution in [0.3, 0.4) is 0 Å². The van der Waals surface area contributed by atoms with Crippen LogP contribution >= 0.6 is 0 Å². The first-order valence-corrected chi connectivity index (χ1v) is 9.34. The van der Waals surface area contributed by atoms with Crippen molar-refractivity contribution in [2.75, 3.05) is 13.7 Å². The molecule has 0 aliphatic heterocycles. The number of methoxy groups -OCH3 is 1. The molecule has 8 nitrogen and oxygen atoms in total. The van der Waals surface area contributed by atoms with Crippen molar-refractivity contribution in [3.8, 4) is 0 Å². The number of esters is 2. The van der Waals surface area contributed by atoms with E-state index in [1.165, 1.54) is 14.0 Å². The van der Waals surface area contributed by atoms with E-state index in [4.69, 9.17) is 9.47 Å². The fourth-order valence-electron chi connectivity index (χ4n) is 2.61. The fraction of sp³-hybridized carbons (Fsp3) is 0.273. The second kappa shape index (κ2) is 11.4. The summed E-state index contributed by atoms with van der Waals surface area (Å²) in [5.74, 6) is -2.47. The molecule has 0 fully saturated rings. The van der Waals surface area contributed by atoms with Gasteiger partial charge in [0, 0.05) is 12.0 Å². The summed E-state index contributed by atoms with van der Waals surface area (Å²) in [6.07, 6.45) is 0.233. The van der Waals surface area contributed by atoms with E-state index in [0.717, 1.165) is 5.56 Å². The van der Waals surface area contributed by atoms with E-state index in [2.05, 4.69) is 10.6 Å². The summed E-state index contributed by atoms with van der Waals surface area (Å²) in [5, 5.41) is 5.00. The van der Waals surface area contributed by atoms with Gasteiger partial charge < -0.3 is 20.1 Å². The Hall–Kier alpha value is -3.68. The third kappa shape index (κ3) is 7.05. The van der Waals surface area contributed by atoms with Crippen LogP contribution in [-0.4, -0.2) is 49.6 Å². The van der Waals surface area contributed by atoms with Crippen LogP contribution < -0.4 is 10.6 Å². The van der Waals surface area contributed by atoms with Gasteiger partial charge in [-0.05, 0) is 24.6 Å². The van der Waals surface area contributed by atoms with Crippen molar-refractivity contribution in [2.45, 2.75) is 25.4 Å². The van der Waals surface area contributed by atoms with Crippen LogP contribution in [-0.2, 0) is 30.3 Å². The minimum atomic E-state index is -0.953. The van der Waals surface area contributed by atoms with Crippen LogP contribution in [0.25, 0.3) is 0 Å². The summed E-state index contributed by atoms with van der Waals surface area (Å²) < 4.78 is 9.68. The zero-order valence-corrected chi connectivity index (χ0v) is 16.8. The van der Waals surface area contributed by atoms with Crippen molar-refractivity contribution in [1.82, 2.24) is 10.6 Å². The Morgan fingerprint density at radius 2 is 1.47 bits per heavy atom. The van der Waals surface area contributed by atoms with Crippen molar-refractivity contribution in [2.24, 2.45) is 0 Å². The molecule has 0 aromatic heterocycles. The molecule has 2 unspecified atom stereocenters. The number of hydrogen-bond acceptors (Lipinski definition) is 6. The van der Waals surface area contributed by atoms with E-state index in [-0.39, 0.29) is 6.42 Å². The second-order valence-corrected chi connectivity index (χ2v) is 6.50. The van der Waals surface area contributed by atoms with E-state index < -0.39 is 42.4 Å². The topological polar surface area (TPSA) is 111 Å². The number of carbonyl (C=O) groups excluding carboxylic acids is 4. The molecule has 2 aromatic carbocycles. The van der Waals surface area contributed by atoms with Crippen LogP contribution in [0, 0.1) is 0 Å². The van der Waals surface area contributed by atoms with E-state index in [1.54, 1.807) is 30.3 Å². The summed E-state index contributed by atoms with van der Waals surface area (Å²) in [6, 6.07) is 15.6. The first kappa shape index (κ1) is 22.6. The molecule has 0 heterocycles. The standard InChI is InChI=1S/C22H24N2O6/c1-15(23-20(26)17-11-7-4-8-12-17)21(27)30-14-19(25)24-18(22(28)29-2)13-16-9-5-3-6-10-16/h3-12,15,18H,13-14H2,1-2H3,(H,23,26)(H,24,25). The lowest BCUT2D eigenvalue weighted by Gasteiger charge is -2.17. The first-order valence-electron chi connectivity index (χ1n) is 9.34. The molecule has 2 atom stereocenters. The Labute approximate surface area is 174 Å². The zero-order chi connectivity index (χ0) is 21.9. The number of hydrogen-bond donors (Lipinski definition) is 2. The van der Waals surface area contributed by atoms with Gasteiger partial charge in [-0.15, -0.1) is 0 Å². The van der Waals surface area contributed by atoms with Gasteiger partial charge in [0.15, 0.2) is 6.61 Å². The number of benzene rings is 2. The highest BCUT2D eigenvalue weighted by atomic mass is 16.5. The molecule has 2 rings (SSSR count). The third-order valence-corrected chi connectivity index (χ3v) is 4.19. The highest BCUT2D eigenvalue weighted by molar-refractivity contribution is 5.96. The molecule has 0 aliphatic carbocycles. The second-order valence-electron chi connectivity index (χ2n) is 6.50. The van der Waals surface area contributed by atoms with Gasteiger partial charge >= 0.3 is 11.9 Å². The molecule has 0 saturated carbocycles. The van der Waals surface area contributed by atoms with E-state index in [9.17, 15) is 19.2 Å². The van der Waals surface area contributed by atoms with Crippen molar-refractivity contribution in [3.05, 3.63) is 71.8 Å². The zero-order valence-electron chi connectivity index (χ0n) is 16.8. The maximum atomic E-state index is 12.2. The molecular formula is C22H24N2O6. The number of rotatable bonds is 9. The largest absolute Gasteiger partial charge is 0.467 e. The van der Waals surface area contributed by atoms with Gasteiger partial charge in [0.05, 0.1) is 7.11 Å². The summed E-state index contributed by atoms with van der Waals surface area (Å²) >= 11 is 0. The Bertz CT molecular complexity index is 870. The monoisotopic (exact) mass is 412 g/mol. The van der Waals surface area contributed by atoms with Crippen LogP contribution in [0.5, 0.6) is 0 Å². The van der Waals surface area contributed by atoms with E-state index >= 15 is 0 Å². The lowest BCUT2D eigenvalue weighted by molar-refractivity contribution is -0.151. The minimum absolute atomic E-state index is 0.233. The number of amides is 2. The Morgan fingerprint density at radius 3 is 2.07 bits per heavy atom. The smallest absolute Gasteiger partial charge is 0.328 e. The molecule has 158 valence electrons. The van der Waals surface area contributed by atoms with E-state index in [0.29, 0.717) is 5.56 Å². The maximum Gasteiger partial charge on any atom is 0.328 e. The summed E-state index contributed by atoms with van der Waals surface area (Å²) in [4.78, 5) is 48.3. The molecule has 2 N–H and O–H groups in total. The predicted octanol–water partition coefficient (Wildman–Crippen LogP) is 1.25. The van der Waals surface area contributed by atoms with Crippen molar-refractivity contribution < 1.29 is 28.7 Å². The Morgan fingerprint density at radius 1 is 0.867 bits per heavy atom. The number of nitrogens with one attached hydrogen (secondary N) is 2. The van der Waals surface area contributed by atoms with Crippen LogP contribution in [0.2, 0.25) is 0 Å². The Kier molecular flexibility index (Phi) is 8.56. The number of carbonyl (C=O) groups is 4. The summed E-state index contributed by atoms with van der Waals surface area (Å²) in [7, 11) is 1.23. The van der Waals surface area contributed by atoms with Gasteiger partial charge in [0.2, 0.25) is 0 Å². The van der Waals surface area contributed by atoms with Crippen molar-refractivity contribution >= 4 is 23.8 Å². The molecule has 0 bridgehead atoms. The number of ether oxygens (including phenoxy) is 2. The maximum absolute atomic E-state index is 12.2. The van der Waals surface area contributed by atoms with Crippen LogP contribution in [0.1, 0.15) is 22.8 Å². The van der Waals surface area contributed by atoms with E-state index in [1.807, 2.05) is 30.3 Å². The van der Waals surface area contributed by atoms with Gasteiger partial charge in [-0.1, -0.05) is 48.5 Å². The molecule has 0 saturated heterocycles. The summed E-state index contributed by atoms with van der Waals surface area (Å²) in [5.41, 5.74) is 1.24. The first-order chi connectivity index (χ1) is 14.4. The highest BCUT2D eigenvalue weighted by Gasteiger charge is 2.24. The van der Waals surface area contributed by atoms with Crippen LogP contribution in [0.4, 0.5) is 0 Å². The molecule has 0 radical (unpaired) electrons. The highest BCUT2D eigenvalue weighted by Crippen LogP contribution is 2.05. The quantitative estimate of drug-likeness (QED) is 0.600. The molecular weight excluding hydrogens is 388 g/mol. The van der Waals surface area contributed by atoms with Gasteiger partial charge in [-0.25, -0.2) is 9.59 Å². The van der Waals surface area contributed by atoms with Crippen molar-refractivity contribution in [1.29, 1.82) is 0 Å². The van der Waals surface area contributed by atoms with Gasteiger partial charge in [-0.2, -0.15) is 0 Å². The molecule has 2 amide bonds. The molecule has 0 aliphatic rings. The summed E-state index contributed by atoms with van der Waals surface area (Å²) in [6.45, 7) is 0.862. The predicted molar refractivity (Wildman–Crippen MR) is 108 cm³/mol. The average molecular weight is 412 g/mol. The lowest BCUT2D eigenvalue weighted by atomic mass is 10.1. The molecule has 0 spiro atoms. The molecule has 8 heteroatoms. The SMILES string of the molecule is COC(=O)C(Cc1ccccc1)NC(=O)COC(=O)C(C)NC(=O)c1ccccc1. The third-order valence-electron chi connectivity index (χ3n) is 4.19.